The number of thioether (sulfide) groups is 1. The lowest BCUT2D eigenvalue weighted by Crippen LogP contribution is -2.27. The zero-order valence-corrected chi connectivity index (χ0v) is 15.4. The third-order valence-corrected chi connectivity index (χ3v) is 5.50. The van der Waals surface area contributed by atoms with Crippen molar-refractivity contribution in [3.8, 4) is 0 Å². The molecule has 0 saturated carbocycles. The highest BCUT2D eigenvalue weighted by Gasteiger charge is 2.37. The lowest BCUT2D eigenvalue weighted by Gasteiger charge is -2.27. The first kappa shape index (κ1) is 17.5. The predicted octanol–water partition coefficient (Wildman–Crippen LogP) is 4.78. The molecule has 0 aliphatic carbocycles. The summed E-state index contributed by atoms with van der Waals surface area (Å²) in [5, 5.41) is 0.926. The van der Waals surface area contributed by atoms with Gasteiger partial charge in [-0.25, -0.2) is 9.37 Å². The molecule has 1 aliphatic rings. The quantitative estimate of drug-likeness (QED) is 0.500. The van der Waals surface area contributed by atoms with Crippen LogP contribution in [0.5, 0.6) is 0 Å². The van der Waals surface area contributed by atoms with Crippen LogP contribution < -0.4 is 0 Å². The van der Waals surface area contributed by atoms with Gasteiger partial charge in [0.25, 0.3) is 0 Å². The molecule has 4 rings (SSSR count). The first-order valence-electron chi connectivity index (χ1n) is 8.78. The van der Waals surface area contributed by atoms with E-state index in [1.54, 1.807) is 23.9 Å². The second-order valence-corrected chi connectivity index (χ2v) is 7.55. The van der Waals surface area contributed by atoms with Crippen LogP contribution in [0.25, 0.3) is 11.0 Å². The number of rotatable bonds is 6. The van der Waals surface area contributed by atoms with Crippen LogP contribution in [0.3, 0.4) is 0 Å². The Hall–Kier alpha value is -1.89. The minimum Gasteiger partial charge on any atom is -0.343 e. The summed E-state index contributed by atoms with van der Waals surface area (Å²) >= 11 is 1.69. The number of hydrogen-bond acceptors (Lipinski definition) is 4. The number of aryl methyl sites for hydroxylation is 1. The molecule has 0 spiro atoms. The molecule has 3 aromatic rings. The van der Waals surface area contributed by atoms with E-state index >= 15 is 0 Å². The van der Waals surface area contributed by atoms with Gasteiger partial charge >= 0.3 is 0 Å². The molecule has 1 N–H and O–H groups in total. The molecule has 2 aromatic carbocycles. The number of benzene rings is 2. The van der Waals surface area contributed by atoms with Crippen molar-refractivity contribution in [2.45, 2.75) is 30.7 Å². The summed E-state index contributed by atoms with van der Waals surface area (Å²) in [6.45, 7) is 3.20. The van der Waals surface area contributed by atoms with E-state index in [1.807, 2.05) is 6.07 Å². The molecule has 4 nitrogen and oxygen atoms in total. The van der Waals surface area contributed by atoms with E-state index in [2.05, 4.69) is 29.0 Å². The van der Waals surface area contributed by atoms with E-state index in [4.69, 9.17) is 9.47 Å². The minimum absolute atomic E-state index is 0.252. The number of nitrogens with one attached hydrogen (secondary N) is 1. The molecule has 26 heavy (non-hydrogen) atoms. The van der Waals surface area contributed by atoms with Gasteiger partial charge in [0, 0.05) is 17.7 Å². The van der Waals surface area contributed by atoms with Gasteiger partial charge in [0.1, 0.15) is 5.82 Å². The lowest BCUT2D eigenvalue weighted by molar-refractivity contribution is -0.170. The molecule has 0 bridgehead atoms. The van der Waals surface area contributed by atoms with Gasteiger partial charge in [0.15, 0.2) is 10.9 Å². The van der Waals surface area contributed by atoms with Crippen LogP contribution in [0, 0.1) is 12.7 Å². The van der Waals surface area contributed by atoms with Crippen molar-refractivity contribution in [1.29, 1.82) is 0 Å². The maximum absolute atomic E-state index is 13.2. The Morgan fingerprint density at radius 3 is 2.69 bits per heavy atom. The average Bonchev–Trinajstić information content (AvgIpc) is 3.26. The zero-order valence-electron chi connectivity index (χ0n) is 14.6. The van der Waals surface area contributed by atoms with Crippen molar-refractivity contribution in [2.75, 3.05) is 19.0 Å². The number of ether oxygens (including phenoxy) is 2. The van der Waals surface area contributed by atoms with Gasteiger partial charge in [-0.2, -0.15) is 0 Å². The maximum Gasteiger partial charge on any atom is 0.195 e. The molecule has 0 radical (unpaired) electrons. The fraction of sp³-hybridized carbons (Fsp3) is 0.350. The van der Waals surface area contributed by atoms with Gasteiger partial charge in [-0.15, -0.1) is 0 Å². The smallest absolute Gasteiger partial charge is 0.195 e. The Kier molecular flexibility index (Phi) is 4.98. The SMILES string of the molecule is Cc1ccc2nc(SCCCC3(c4ccc(F)cc4)OCCO3)[nH]c2c1. The van der Waals surface area contributed by atoms with Gasteiger partial charge in [-0.3, -0.25) is 0 Å². The third kappa shape index (κ3) is 3.63. The van der Waals surface area contributed by atoms with Gasteiger partial charge in [-0.05, 0) is 43.2 Å². The molecular weight excluding hydrogens is 351 g/mol. The molecule has 2 heterocycles. The Balaban J connectivity index is 1.38. The van der Waals surface area contributed by atoms with Crippen LogP contribution in [0.2, 0.25) is 0 Å². The Morgan fingerprint density at radius 1 is 1.15 bits per heavy atom. The monoisotopic (exact) mass is 372 g/mol. The van der Waals surface area contributed by atoms with Crippen molar-refractivity contribution in [3.05, 3.63) is 59.4 Å². The Bertz CT molecular complexity index is 888. The number of H-pyrrole nitrogens is 1. The summed E-state index contributed by atoms with van der Waals surface area (Å²) in [5.41, 5.74) is 4.15. The van der Waals surface area contributed by atoms with E-state index in [1.165, 1.54) is 17.7 Å². The summed E-state index contributed by atoms with van der Waals surface area (Å²) in [7, 11) is 0. The maximum atomic E-state index is 13.2. The first-order valence-corrected chi connectivity index (χ1v) is 9.76. The van der Waals surface area contributed by atoms with Crippen LogP contribution >= 0.6 is 11.8 Å². The molecule has 6 heteroatoms. The molecule has 0 unspecified atom stereocenters. The molecule has 1 aliphatic heterocycles. The number of aromatic nitrogens is 2. The van der Waals surface area contributed by atoms with E-state index < -0.39 is 5.79 Å². The second-order valence-electron chi connectivity index (χ2n) is 6.47. The molecule has 1 fully saturated rings. The van der Waals surface area contributed by atoms with Crippen LogP contribution in [-0.2, 0) is 15.3 Å². The van der Waals surface area contributed by atoms with Gasteiger partial charge in [0.05, 0.1) is 24.2 Å². The van der Waals surface area contributed by atoms with Gasteiger partial charge < -0.3 is 14.5 Å². The van der Waals surface area contributed by atoms with Gasteiger partial charge in [-0.1, -0.05) is 30.0 Å². The minimum atomic E-state index is -0.751. The van der Waals surface area contributed by atoms with E-state index in [-0.39, 0.29) is 5.82 Å². The summed E-state index contributed by atoms with van der Waals surface area (Å²) in [4.78, 5) is 7.97. The number of hydrogen-bond donors (Lipinski definition) is 1. The van der Waals surface area contributed by atoms with Crippen molar-refractivity contribution < 1.29 is 13.9 Å². The predicted molar refractivity (Wildman–Crippen MR) is 101 cm³/mol. The summed E-state index contributed by atoms with van der Waals surface area (Å²) in [6.07, 6.45) is 1.63. The van der Waals surface area contributed by atoms with E-state index in [9.17, 15) is 4.39 Å². The largest absolute Gasteiger partial charge is 0.343 e. The number of nitrogens with zero attached hydrogens (tertiary/aromatic N) is 1. The Labute approximate surface area is 156 Å². The highest BCUT2D eigenvalue weighted by Crippen LogP contribution is 2.36. The average molecular weight is 372 g/mol. The standard InChI is InChI=1S/C20H21FN2O2S/c1-14-3-8-17-18(13-14)23-19(22-17)26-12-2-9-20(24-10-11-25-20)15-4-6-16(21)7-5-15/h3-8,13H,2,9-12H2,1H3,(H,22,23). The first-order chi connectivity index (χ1) is 12.6. The van der Waals surface area contributed by atoms with Gasteiger partial charge in [0.2, 0.25) is 0 Å². The Morgan fingerprint density at radius 2 is 1.92 bits per heavy atom. The number of aromatic amines is 1. The normalized spacial score (nSPS) is 16.4. The summed E-state index contributed by atoms with van der Waals surface area (Å²) in [6, 6.07) is 12.6. The van der Waals surface area contributed by atoms with Crippen LogP contribution in [-0.4, -0.2) is 28.9 Å². The summed E-state index contributed by atoms with van der Waals surface area (Å²) in [5.74, 6) is -0.106. The zero-order chi connectivity index (χ0) is 18.0. The van der Waals surface area contributed by atoms with Crippen LogP contribution in [0.1, 0.15) is 24.0 Å². The topological polar surface area (TPSA) is 47.1 Å². The van der Waals surface area contributed by atoms with Crippen LogP contribution in [0.4, 0.5) is 4.39 Å². The van der Waals surface area contributed by atoms with Crippen molar-refractivity contribution in [3.63, 3.8) is 0 Å². The second kappa shape index (κ2) is 7.39. The number of fused-ring (bicyclic) bond motifs is 1. The summed E-state index contributed by atoms with van der Waals surface area (Å²) < 4.78 is 25.0. The molecule has 0 atom stereocenters. The van der Waals surface area contributed by atoms with Crippen molar-refractivity contribution in [1.82, 2.24) is 9.97 Å². The fourth-order valence-corrected chi connectivity index (χ4v) is 4.08. The number of imidazole rings is 1. The van der Waals surface area contributed by atoms with Crippen molar-refractivity contribution >= 4 is 22.8 Å². The lowest BCUT2D eigenvalue weighted by atomic mass is 10.0. The molecular formula is C20H21FN2O2S. The molecule has 1 aromatic heterocycles. The molecule has 0 amide bonds. The third-order valence-electron chi connectivity index (χ3n) is 4.54. The highest BCUT2D eigenvalue weighted by molar-refractivity contribution is 7.99. The van der Waals surface area contributed by atoms with Crippen molar-refractivity contribution in [2.24, 2.45) is 0 Å². The van der Waals surface area contributed by atoms with Crippen LogP contribution in [0.15, 0.2) is 47.6 Å². The van der Waals surface area contributed by atoms with E-state index in [0.29, 0.717) is 13.2 Å². The highest BCUT2D eigenvalue weighted by atomic mass is 32.2. The number of halogens is 1. The molecule has 1 saturated heterocycles. The molecule has 136 valence electrons. The van der Waals surface area contributed by atoms with E-state index in [0.717, 1.165) is 40.3 Å². The fourth-order valence-electron chi connectivity index (χ4n) is 3.26.